The van der Waals surface area contributed by atoms with E-state index in [0.29, 0.717) is 5.82 Å². The molecule has 5 nitrogen and oxygen atoms in total. The molecule has 0 saturated carbocycles. The first kappa shape index (κ1) is 19.3. The van der Waals surface area contributed by atoms with Crippen LogP contribution in [0.3, 0.4) is 0 Å². The van der Waals surface area contributed by atoms with E-state index >= 15 is 0 Å². The molecule has 1 saturated heterocycles. The van der Waals surface area contributed by atoms with Crippen LogP contribution < -0.4 is 5.73 Å². The Labute approximate surface area is 157 Å². The second-order valence-corrected chi connectivity index (χ2v) is 7.77. The fourth-order valence-electron chi connectivity index (χ4n) is 3.98. The van der Waals surface area contributed by atoms with Crippen molar-refractivity contribution in [2.45, 2.75) is 77.2 Å². The summed E-state index contributed by atoms with van der Waals surface area (Å²) in [5.74, 6) is 1.59. The lowest BCUT2D eigenvalue weighted by atomic mass is 10.0. The third-order valence-corrected chi connectivity index (χ3v) is 5.67. The summed E-state index contributed by atoms with van der Waals surface area (Å²) in [6.07, 6.45) is 13.0. The monoisotopic (exact) mass is 358 g/mol. The van der Waals surface area contributed by atoms with Crippen LogP contribution in [0.2, 0.25) is 0 Å². The summed E-state index contributed by atoms with van der Waals surface area (Å²) < 4.78 is 0. The Hall–Kier alpha value is -1.46. The number of fused-ring (bicyclic) bond motifs is 1. The molecule has 1 aliphatic heterocycles. The molecular formula is C21H34N4O. The van der Waals surface area contributed by atoms with Crippen molar-refractivity contribution in [3.05, 3.63) is 23.2 Å². The van der Waals surface area contributed by atoms with Gasteiger partial charge in [-0.25, -0.2) is 9.97 Å². The van der Waals surface area contributed by atoms with Crippen LogP contribution in [-0.4, -0.2) is 45.7 Å². The van der Waals surface area contributed by atoms with Gasteiger partial charge in [0.15, 0.2) is 0 Å². The highest BCUT2D eigenvalue weighted by Gasteiger charge is 2.20. The van der Waals surface area contributed by atoms with E-state index in [1.165, 1.54) is 31.4 Å². The van der Waals surface area contributed by atoms with Crippen molar-refractivity contribution in [1.29, 1.82) is 0 Å². The average Bonchev–Trinajstić information content (AvgIpc) is 3.05. The largest absolute Gasteiger partial charge is 0.393 e. The van der Waals surface area contributed by atoms with Gasteiger partial charge in [0.2, 0.25) is 0 Å². The zero-order valence-corrected chi connectivity index (χ0v) is 16.2. The molecule has 5 heteroatoms. The summed E-state index contributed by atoms with van der Waals surface area (Å²) in [4.78, 5) is 11.8. The fraction of sp³-hybridized carbons (Fsp3) is 0.714. The van der Waals surface area contributed by atoms with Crippen LogP contribution in [-0.2, 0) is 12.8 Å². The molecule has 0 amide bonds. The number of piperidine rings is 1. The SMILES string of the molecule is CCCCc1nc(N)c2c(n1)C(CCCCCN1CCC(O)CC1)=CC2. The number of likely N-dealkylation sites (tertiary alicyclic amines) is 1. The standard InChI is InChI=1S/C21H34N4O/c1-2-3-8-19-23-20-16(9-10-18(20)21(22)24-19)7-5-4-6-13-25-14-11-17(26)12-15-25/h9,17,26H,2-8,10-15H2,1H3,(H2,22,23,24). The molecule has 26 heavy (non-hydrogen) atoms. The van der Waals surface area contributed by atoms with Crippen LogP contribution in [0.1, 0.15) is 75.4 Å². The number of allylic oxidation sites excluding steroid dienone is 2. The number of aliphatic hydroxyl groups is 1. The van der Waals surface area contributed by atoms with E-state index in [2.05, 4.69) is 22.9 Å². The van der Waals surface area contributed by atoms with Gasteiger partial charge in [0.1, 0.15) is 11.6 Å². The van der Waals surface area contributed by atoms with E-state index in [1.54, 1.807) is 0 Å². The smallest absolute Gasteiger partial charge is 0.131 e. The van der Waals surface area contributed by atoms with E-state index < -0.39 is 0 Å². The molecule has 1 aromatic heterocycles. The summed E-state index contributed by atoms with van der Waals surface area (Å²) in [7, 11) is 0. The van der Waals surface area contributed by atoms with Crippen molar-refractivity contribution in [3.63, 3.8) is 0 Å². The molecule has 0 aromatic carbocycles. The van der Waals surface area contributed by atoms with Gasteiger partial charge in [-0.05, 0) is 57.1 Å². The maximum absolute atomic E-state index is 9.57. The van der Waals surface area contributed by atoms with E-state index in [0.717, 1.165) is 75.1 Å². The summed E-state index contributed by atoms with van der Waals surface area (Å²) in [6, 6.07) is 0. The number of aliphatic hydroxyl groups excluding tert-OH is 1. The number of hydrogen-bond acceptors (Lipinski definition) is 5. The molecule has 3 N–H and O–H groups in total. The Bertz CT molecular complexity index is 621. The summed E-state index contributed by atoms with van der Waals surface area (Å²) in [5.41, 5.74) is 9.79. The molecule has 1 aliphatic carbocycles. The molecule has 0 radical (unpaired) electrons. The molecule has 0 spiro atoms. The summed E-state index contributed by atoms with van der Waals surface area (Å²) in [6.45, 7) is 5.46. The number of anilines is 1. The zero-order chi connectivity index (χ0) is 18.4. The minimum absolute atomic E-state index is 0.0720. The summed E-state index contributed by atoms with van der Waals surface area (Å²) in [5, 5.41) is 9.57. The second-order valence-electron chi connectivity index (χ2n) is 7.77. The highest BCUT2D eigenvalue weighted by molar-refractivity contribution is 5.73. The Morgan fingerprint density at radius 3 is 2.69 bits per heavy atom. The molecular weight excluding hydrogens is 324 g/mol. The quantitative estimate of drug-likeness (QED) is 0.662. The first-order valence-electron chi connectivity index (χ1n) is 10.4. The van der Waals surface area contributed by atoms with Crippen LogP contribution >= 0.6 is 0 Å². The van der Waals surface area contributed by atoms with Gasteiger partial charge in [0.25, 0.3) is 0 Å². The molecule has 2 heterocycles. The van der Waals surface area contributed by atoms with Crippen molar-refractivity contribution in [2.24, 2.45) is 0 Å². The minimum Gasteiger partial charge on any atom is -0.393 e. The molecule has 1 fully saturated rings. The van der Waals surface area contributed by atoms with E-state index in [1.807, 2.05) is 0 Å². The summed E-state index contributed by atoms with van der Waals surface area (Å²) >= 11 is 0. The number of nitrogen functional groups attached to an aromatic ring is 1. The number of aromatic nitrogens is 2. The molecule has 0 bridgehead atoms. The number of rotatable bonds is 9. The zero-order valence-electron chi connectivity index (χ0n) is 16.2. The number of unbranched alkanes of at least 4 members (excludes halogenated alkanes) is 3. The number of nitrogens with zero attached hydrogens (tertiary/aromatic N) is 3. The molecule has 0 atom stereocenters. The topological polar surface area (TPSA) is 75.3 Å². The van der Waals surface area contributed by atoms with E-state index in [-0.39, 0.29) is 6.10 Å². The molecule has 0 unspecified atom stereocenters. The lowest BCUT2D eigenvalue weighted by molar-refractivity contribution is 0.0818. The highest BCUT2D eigenvalue weighted by Crippen LogP contribution is 2.32. The van der Waals surface area contributed by atoms with Gasteiger partial charge in [0.05, 0.1) is 11.8 Å². The Kier molecular flexibility index (Phi) is 7.03. The Balaban J connectivity index is 1.43. The van der Waals surface area contributed by atoms with Gasteiger partial charge >= 0.3 is 0 Å². The maximum atomic E-state index is 9.57. The minimum atomic E-state index is -0.0720. The predicted molar refractivity (Wildman–Crippen MR) is 107 cm³/mol. The third-order valence-electron chi connectivity index (χ3n) is 5.67. The van der Waals surface area contributed by atoms with Crippen molar-refractivity contribution >= 4 is 11.4 Å². The van der Waals surface area contributed by atoms with Crippen molar-refractivity contribution < 1.29 is 5.11 Å². The van der Waals surface area contributed by atoms with Gasteiger partial charge in [0, 0.05) is 25.1 Å². The third kappa shape index (κ3) is 5.04. The highest BCUT2D eigenvalue weighted by atomic mass is 16.3. The van der Waals surface area contributed by atoms with Gasteiger partial charge in [-0.15, -0.1) is 0 Å². The Morgan fingerprint density at radius 2 is 1.92 bits per heavy atom. The van der Waals surface area contributed by atoms with Crippen LogP contribution in [0.4, 0.5) is 5.82 Å². The second kappa shape index (κ2) is 9.47. The van der Waals surface area contributed by atoms with E-state index in [4.69, 9.17) is 10.7 Å². The molecule has 144 valence electrons. The van der Waals surface area contributed by atoms with Gasteiger partial charge in [-0.3, -0.25) is 0 Å². The molecule has 3 rings (SSSR count). The fourth-order valence-corrected chi connectivity index (χ4v) is 3.98. The normalized spacial score (nSPS) is 18.2. The molecule has 2 aliphatic rings. The molecule has 1 aromatic rings. The van der Waals surface area contributed by atoms with E-state index in [9.17, 15) is 5.11 Å². The average molecular weight is 359 g/mol. The van der Waals surface area contributed by atoms with Crippen LogP contribution in [0.25, 0.3) is 5.57 Å². The predicted octanol–water partition coefficient (Wildman–Crippen LogP) is 3.36. The van der Waals surface area contributed by atoms with Crippen molar-refractivity contribution in [3.8, 4) is 0 Å². The van der Waals surface area contributed by atoms with Gasteiger partial charge in [-0.1, -0.05) is 25.8 Å². The van der Waals surface area contributed by atoms with Crippen LogP contribution in [0.15, 0.2) is 6.08 Å². The van der Waals surface area contributed by atoms with Crippen molar-refractivity contribution in [1.82, 2.24) is 14.9 Å². The Morgan fingerprint density at radius 1 is 1.12 bits per heavy atom. The number of hydrogen-bond donors (Lipinski definition) is 2. The van der Waals surface area contributed by atoms with Gasteiger partial charge < -0.3 is 15.7 Å². The van der Waals surface area contributed by atoms with Crippen molar-refractivity contribution in [2.75, 3.05) is 25.4 Å². The first-order chi connectivity index (χ1) is 12.7. The van der Waals surface area contributed by atoms with Gasteiger partial charge in [-0.2, -0.15) is 0 Å². The lowest BCUT2D eigenvalue weighted by Crippen LogP contribution is -2.36. The first-order valence-corrected chi connectivity index (χ1v) is 10.4. The number of aryl methyl sites for hydroxylation is 1. The lowest BCUT2D eigenvalue weighted by Gasteiger charge is -2.29. The number of nitrogens with two attached hydrogens (primary N) is 1. The van der Waals surface area contributed by atoms with Crippen LogP contribution in [0, 0.1) is 0 Å². The maximum Gasteiger partial charge on any atom is 0.131 e. The van der Waals surface area contributed by atoms with Crippen LogP contribution in [0.5, 0.6) is 0 Å².